The predicted octanol–water partition coefficient (Wildman–Crippen LogP) is 3.59. The number of pyridine rings is 1. The van der Waals surface area contributed by atoms with Crippen LogP contribution in [0.1, 0.15) is 39.0 Å². The van der Waals surface area contributed by atoms with Crippen LogP contribution in [0.5, 0.6) is 0 Å². The van der Waals surface area contributed by atoms with E-state index < -0.39 is 6.04 Å². The van der Waals surface area contributed by atoms with Gasteiger partial charge < -0.3 is 10.6 Å². The van der Waals surface area contributed by atoms with E-state index in [0.29, 0.717) is 5.82 Å². The number of aromatic nitrogens is 1. The molecule has 2 rings (SSSR count). The van der Waals surface area contributed by atoms with Crippen LogP contribution in [-0.4, -0.2) is 41.3 Å². The van der Waals surface area contributed by atoms with Crippen LogP contribution in [0.25, 0.3) is 0 Å². The number of hydrogen-bond donors (Lipinski definition) is 2. The second-order valence-corrected chi connectivity index (χ2v) is 8.12. The molecule has 2 amide bonds. The lowest BCUT2D eigenvalue weighted by Gasteiger charge is -2.23. The van der Waals surface area contributed by atoms with Gasteiger partial charge >= 0.3 is 0 Å². The first-order chi connectivity index (χ1) is 13.1. The molecule has 28 heavy (non-hydrogen) atoms. The number of nitrogens with one attached hydrogen (secondary N) is 2. The van der Waals surface area contributed by atoms with Crippen molar-refractivity contribution in [3.05, 3.63) is 53.7 Å². The van der Waals surface area contributed by atoms with Crippen LogP contribution in [0, 0.1) is 6.92 Å². The Hall–Kier alpha value is -2.73. The number of amides is 2. The Balaban J connectivity index is 1.90. The molecule has 0 spiro atoms. The van der Waals surface area contributed by atoms with E-state index in [1.807, 2.05) is 43.3 Å². The van der Waals surface area contributed by atoms with Gasteiger partial charge in [0.15, 0.2) is 0 Å². The lowest BCUT2D eigenvalue weighted by Crippen LogP contribution is -2.43. The van der Waals surface area contributed by atoms with Crippen LogP contribution in [0.4, 0.5) is 11.5 Å². The van der Waals surface area contributed by atoms with E-state index in [0.717, 1.165) is 11.4 Å². The van der Waals surface area contributed by atoms with E-state index in [2.05, 4.69) is 36.4 Å². The van der Waals surface area contributed by atoms with E-state index in [-0.39, 0.29) is 23.8 Å². The third-order valence-corrected chi connectivity index (χ3v) is 4.61. The second-order valence-electron chi connectivity index (χ2n) is 8.12. The topological polar surface area (TPSA) is 74.3 Å². The van der Waals surface area contributed by atoms with E-state index in [9.17, 15) is 9.59 Å². The number of hydrogen-bond acceptors (Lipinski definition) is 4. The van der Waals surface area contributed by atoms with Gasteiger partial charge in [-0.1, -0.05) is 39.0 Å². The molecule has 1 heterocycles. The highest BCUT2D eigenvalue weighted by Gasteiger charge is 2.21. The summed E-state index contributed by atoms with van der Waals surface area (Å²) in [5.41, 5.74) is 2.84. The number of nitrogens with zero attached hydrogens (tertiary/aromatic N) is 2. The third kappa shape index (κ3) is 6.16. The quantitative estimate of drug-likeness (QED) is 0.801. The number of aryl methyl sites for hydroxylation is 1. The molecule has 1 aromatic heterocycles. The van der Waals surface area contributed by atoms with Crippen molar-refractivity contribution in [1.82, 2.24) is 9.88 Å². The fourth-order valence-electron chi connectivity index (χ4n) is 2.66. The molecule has 6 nitrogen and oxygen atoms in total. The molecule has 0 radical (unpaired) electrons. The monoisotopic (exact) mass is 382 g/mol. The summed E-state index contributed by atoms with van der Waals surface area (Å²) in [5, 5.41) is 5.66. The Bertz CT molecular complexity index is 825. The number of carbonyl (C=O) groups is 2. The maximum atomic E-state index is 12.5. The van der Waals surface area contributed by atoms with Crippen LogP contribution < -0.4 is 10.6 Å². The third-order valence-electron chi connectivity index (χ3n) is 4.61. The molecule has 6 heteroatoms. The lowest BCUT2D eigenvalue weighted by atomic mass is 9.87. The molecule has 0 bridgehead atoms. The Labute approximate surface area is 167 Å². The summed E-state index contributed by atoms with van der Waals surface area (Å²) in [6, 6.07) is 12.8. The van der Waals surface area contributed by atoms with E-state index in [4.69, 9.17) is 0 Å². The van der Waals surface area contributed by atoms with Gasteiger partial charge in [-0.25, -0.2) is 4.98 Å². The zero-order valence-electron chi connectivity index (χ0n) is 17.5. The maximum Gasteiger partial charge on any atom is 0.241 e. The van der Waals surface area contributed by atoms with Gasteiger partial charge in [-0.15, -0.1) is 0 Å². The summed E-state index contributed by atoms with van der Waals surface area (Å²) in [6.45, 7) is 10.2. The molecule has 2 N–H and O–H groups in total. The summed E-state index contributed by atoms with van der Waals surface area (Å²) < 4.78 is 0. The Morgan fingerprint density at radius 3 is 2.29 bits per heavy atom. The highest BCUT2D eigenvalue weighted by molar-refractivity contribution is 5.96. The minimum atomic E-state index is -0.460. The van der Waals surface area contributed by atoms with Gasteiger partial charge in [0.05, 0.1) is 12.6 Å². The smallest absolute Gasteiger partial charge is 0.241 e. The van der Waals surface area contributed by atoms with Gasteiger partial charge in [0, 0.05) is 11.4 Å². The maximum absolute atomic E-state index is 12.5. The molecule has 1 aromatic carbocycles. The first kappa shape index (κ1) is 21.6. The molecule has 150 valence electrons. The first-order valence-corrected chi connectivity index (χ1v) is 9.41. The van der Waals surface area contributed by atoms with Crippen molar-refractivity contribution in [1.29, 1.82) is 0 Å². The lowest BCUT2D eigenvalue weighted by molar-refractivity contribution is -0.122. The summed E-state index contributed by atoms with van der Waals surface area (Å²) in [5.74, 6) is 0.136. The van der Waals surface area contributed by atoms with Gasteiger partial charge in [-0.3, -0.25) is 14.5 Å². The number of benzene rings is 1. The second kappa shape index (κ2) is 8.97. The summed E-state index contributed by atoms with van der Waals surface area (Å²) in [7, 11) is 1.75. The largest absolute Gasteiger partial charge is 0.325 e. The number of likely N-dealkylation sites (N-methyl/N-ethyl adjacent to an activating group) is 1. The zero-order valence-corrected chi connectivity index (χ0v) is 17.5. The van der Waals surface area contributed by atoms with Crippen LogP contribution in [-0.2, 0) is 15.0 Å². The predicted molar refractivity (Wildman–Crippen MR) is 113 cm³/mol. The van der Waals surface area contributed by atoms with E-state index >= 15 is 0 Å². The molecule has 0 aliphatic rings. The van der Waals surface area contributed by atoms with E-state index in [1.54, 1.807) is 24.9 Å². The molecule has 0 saturated carbocycles. The van der Waals surface area contributed by atoms with Gasteiger partial charge in [0.25, 0.3) is 0 Å². The molecule has 2 aromatic rings. The standard InChI is InChI=1S/C22H30N4O2/c1-15-8-7-9-19(23-15)25-20(27)14-26(6)16(2)21(28)24-18-12-10-17(11-13-18)22(3,4)5/h7-13,16H,14H2,1-6H3,(H,24,28)(H,23,25,27). The average Bonchev–Trinajstić information content (AvgIpc) is 2.60. The Morgan fingerprint density at radius 2 is 1.71 bits per heavy atom. The van der Waals surface area contributed by atoms with Crippen molar-refractivity contribution >= 4 is 23.3 Å². The van der Waals surface area contributed by atoms with Crippen molar-refractivity contribution in [2.45, 2.75) is 46.1 Å². The van der Waals surface area contributed by atoms with Crippen LogP contribution in [0.15, 0.2) is 42.5 Å². The normalized spacial score (nSPS) is 12.5. The van der Waals surface area contributed by atoms with Crippen molar-refractivity contribution in [3.8, 4) is 0 Å². The van der Waals surface area contributed by atoms with E-state index in [1.165, 1.54) is 5.56 Å². The summed E-state index contributed by atoms with van der Waals surface area (Å²) in [4.78, 5) is 30.7. The Morgan fingerprint density at radius 1 is 1.07 bits per heavy atom. The van der Waals surface area contributed by atoms with Crippen LogP contribution in [0.3, 0.4) is 0 Å². The molecular formula is C22H30N4O2. The molecular weight excluding hydrogens is 352 g/mol. The molecule has 0 aliphatic carbocycles. The molecule has 0 fully saturated rings. The van der Waals surface area contributed by atoms with Crippen molar-refractivity contribution < 1.29 is 9.59 Å². The highest BCUT2D eigenvalue weighted by Crippen LogP contribution is 2.23. The number of anilines is 2. The summed E-state index contributed by atoms with van der Waals surface area (Å²) in [6.07, 6.45) is 0. The fourth-order valence-corrected chi connectivity index (χ4v) is 2.66. The molecule has 1 atom stereocenters. The van der Waals surface area contributed by atoms with Gasteiger partial charge in [0.2, 0.25) is 11.8 Å². The highest BCUT2D eigenvalue weighted by atomic mass is 16.2. The number of rotatable bonds is 6. The minimum Gasteiger partial charge on any atom is -0.325 e. The van der Waals surface area contributed by atoms with Crippen molar-refractivity contribution in [2.24, 2.45) is 0 Å². The molecule has 0 saturated heterocycles. The van der Waals surface area contributed by atoms with Crippen LogP contribution in [0.2, 0.25) is 0 Å². The molecule has 1 unspecified atom stereocenters. The van der Waals surface area contributed by atoms with Crippen LogP contribution >= 0.6 is 0 Å². The SMILES string of the molecule is Cc1cccc(NC(=O)CN(C)C(C)C(=O)Nc2ccc(C(C)(C)C)cc2)n1. The average molecular weight is 383 g/mol. The number of carbonyl (C=O) groups excluding carboxylic acids is 2. The molecule has 0 aliphatic heterocycles. The zero-order chi connectivity index (χ0) is 20.9. The fraction of sp³-hybridized carbons (Fsp3) is 0.409. The van der Waals surface area contributed by atoms with Gasteiger partial charge in [-0.05, 0) is 56.1 Å². The van der Waals surface area contributed by atoms with Crippen molar-refractivity contribution in [3.63, 3.8) is 0 Å². The van der Waals surface area contributed by atoms with Gasteiger partial charge in [-0.2, -0.15) is 0 Å². The first-order valence-electron chi connectivity index (χ1n) is 9.41. The summed E-state index contributed by atoms with van der Waals surface area (Å²) >= 11 is 0. The van der Waals surface area contributed by atoms with Gasteiger partial charge in [0.1, 0.15) is 5.82 Å². The Kier molecular flexibility index (Phi) is 6.91. The van der Waals surface area contributed by atoms with Crippen molar-refractivity contribution in [2.75, 3.05) is 24.2 Å². The minimum absolute atomic E-state index is 0.0650.